The first kappa shape index (κ1) is 41.5. The molecule has 0 amide bonds. The monoisotopic (exact) mass is 728 g/mol. The molecule has 0 heterocycles. The maximum Gasteiger partial charge on any atom is 0.244 e. The summed E-state index contributed by atoms with van der Waals surface area (Å²) < 4.78 is 61.4. The highest BCUT2D eigenvalue weighted by Gasteiger charge is 2.35. The lowest BCUT2D eigenvalue weighted by molar-refractivity contribution is 0.389. The zero-order valence-electron chi connectivity index (χ0n) is 31.8. The van der Waals surface area contributed by atoms with E-state index < -0.39 is 20.0 Å². The van der Waals surface area contributed by atoms with Crippen LogP contribution in [0, 0.1) is 0 Å². The van der Waals surface area contributed by atoms with Gasteiger partial charge in [-0.3, -0.25) is 0 Å². The second-order valence-corrected chi connectivity index (χ2v) is 18.5. The summed E-state index contributed by atoms with van der Waals surface area (Å²) in [5.74, 6) is 0.565. The molecule has 2 N–H and O–H groups in total. The Morgan fingerprint density at radius 3 is 1.06 bits per heavy atom. The molecule has 278 valence electrons. The number of unbranched alkanes of at least 4 members (excludes halogenated alkanes) is 2. The Morgan fingerprint density at radius 1 is 0.540 bits per heavy atom. The Bertz CT molecular complexity index is 1620. The van der Waals surface area contributed by atoms with E-state index in [1.54, 1.807) is 12.1 Å². The maximum absolute atomic E-state index is 14.7. The van der Waals surface area contributed by atoms with E-state index in [0.717, 1.165) is 46.2 Å². The van der Waals surface area contributed by atoms with Gasteiger partial charge in [0.15, 0.2) is 0 Å². The number of benzene rings is 3. The zero-order chi connectivity index (χ0) is 37.6. The molecule has 0 aromatic heterocycles. The van der Waals surface area contributed by atoms with Gasteiger partial charge >= 0.3 is 0 Å². The van der Waals surface area contributed by atoms with Crippen molar-refractivity contribution in [3.05, 3.63) is 81.9 Å². The Hall–Kier alpha value is -2.92. The molecular weight excluding hydrogens is 669 g/mol. The molecule has 50 heavy (non-hydrogen) atoms. The maximum atomic E-state index is 14.7. The van der Waals surface area contributed by atoms with Crippen LogP contribution >= 0.6 is 0 Å². The quantitative estimate of drug-likeness (QED) is 0.135. The van der Waals surface area contributed by atoms with Gasteiger partial charge in [0.25, 0.3) is 0 Å². The molecule has 0 spiro atoms. The fourth-order valence-corrected chi connectivity index (χ4v) is 9.94. The van der Waals surface area contributed by atoms with E-state index in [0.29, 0.717) is 12.8 Å². The van der Waals surface area contributed by atoms with E-state index in [1.165, 1.54) is 20.7 Å². The summed E-state index contributed by atoms with van der Waals surface area (Å²) in [7, 11) is -8.60. The molecule has 0 saturated carbocycles. The number of phenolic OH excluding ortho intramolecular Hbond substituents is 2. The molecule has 0 aliphatic carbocycles. The number of rotatable bonds is 18. The minimum atomic E-state index is -4.30. The normalized spacial score (nSPS) is 12.8. The van der Waals surface area contributed by atoms with Gasteiger partial charge in [-0.2, -0.15) is 8.61 Å². The van der Waals surface area contributed by atoms with Gasteiger partial charge in [0, 0.05) is 26.2 Å². The third-order valence-electron chi connectivity index (χ3n) is 9.27. The SMILES string of the molecule is CCCCN(Cc1cc(C(C)C)c(O)c(C(C)C)c1)S(=O)(=O)c1ccccc1S(=O)(=O)N(CCCC)Cc1cc(C(C)C)c(O)c(C(C)C)c1. The number of sulfonamides is 2. The second-order valence-electron chi connectivity index (χ2n) is 14.7. The van der Waals surface area contributed by atoms with E-state index in [4.69, 9.17) is 0 Å². The van der Waals surface area contributed by atoms with Gasteiger partial charge in [-0.05, 0) is 82.0 Å². The highest BCUT2D eigenvalue weighted by molar-refractivity contribution is 7.92. The largest absolute Gasteiger partial charge is 0.507 e. The Labute approximate surface area is 302 Å². The predicted octanol–water partition coefficient (Wildman–Crippen LogP) is 9.57. The summed E-state index contributed by atoms with van der Waals surface area (Å²) in [5, 5.41) is 22.0. The van der Waals surface area contributed by atoms with Gasteiger partial charge in [0.2, 0.25) is 20.0 Å². The van der Waals surface area contributed by atoms with Crippen LogP contribution in [0.2, 0.25) is 0 Å². The third kappa shape index (κ3) is 9.49. The van der Waals surface area contributed by atoms with Crippen LogP contribution in [0.1, 0.15) is 152 Å². The van der Waals surface area contributed by atoms with Crippen LogP contribution in [0.15, 0.2) is 58.3 Å². The van der Waals surface area contributed by atoms with Crippen LogP contribution in [0.5, 0.6) is 11.5 Å². The number of hydrogen-bond acceptors (Lipinski definition) is 6. The summed E-state index contributed by atoms with van der Waals surface area (Å²) in [6.45, 7) is 20.4. The van der Waals surface area contributed by atoms with Gasteiger partial charge < -0.3 is 10.2 Å². The summed E-state index contributed by atoms with van der Waals surface area (Å²) in [4.78, 5) is -0.498. The van der Waals surface area contributed by atoms with Gasteiger partial charge in [-0.25, -0.2) is 16.8 Å². The molecular formula is C40H60N2O6S2. The summed E-state index contributed by atoms with van der Waals surface area (Å²) in [6.07, 6.45) is 2.70. The van der Waals surface area contributed by atoms with Crippen LogP contribution in [0.3, 0.4) is 0 Å². The topological polar surface area (TPSA) is 115 Å². The van der Waals surface area contributed by atoms with Crippen molar-refractivity contribution in [2.45, 2.75) is 141 Å². The van der Waals surface area contributed by atoms with Crippen molar-refractivity contribution >= 4 is 20.0 Å². The molecule has 3 aromatic carbocycles. The van der Waals surface area contributed by atoms with Crippen molar-refractivity contribution in [3.63, 3.8) is 0 Å². The predicted molar refractivity (Wildman–Crippen MR) is 204 cm³/mol. The molecule has 0 unspecified atom stereocenters. The number of phenols is 2. The molecule has 0 fully saturated rings. The Balaban J connectivity index is 2.17. The van der Waals surface area contributed by atoms with Gasteiger partial charge in [-0.15, -0.1) is 0 Å². The number of aromatic hydroxyl groups is 2. The first-order valence-electron chi connectivity index (χ1n) is 18.2. The van der Waals surface area contributed by atoms with Crippen LogP contribution in [0.25, 0.3) is 0 Å². The van der Waals surface area contributed by atoms with Crippen LogP contribution in [-0.2, 0) is 33.1 Å². The average Bonchev–Trinajstić information content (AvgIpc) is 3.05. The smallest absolute Gasteiger partial charge is 0.244 e. The van der Waals surface area contributed by atoms with Crippen LogP contribution < -0.4 is 0 Å². The van der Waals surface area contributed by atoms with E-state index in [1.807, 2.05) is 93.5 Å². The first-order chi connectivity index (χ1) is 23.4. The zero-order valence-corrected chi connectivity index (χ0v) is 33.5. The van der Waals surface area contributed by atoms with Crippen LogP contribution in [0.4, 0.5) is 0 Å². The molecule has 0 atom stereocenters. The van der Waals surface area contributed by atoms with Gasteiger partial charge in [0.05, 0.1) is 0 Å². The van der Waals surface area contributed by atoms with Crippen molar-refractivity contribution in [1.82, 2.24) is 8.61 Å². The fraction of sp³-hybridized carbons (Fsp3) is 0.550. The van der Waals surface area contributed by atoms with Crippen molar-refractivity contribution in [3.8, 4) is 11.5 Å². The van der Waals surface area contributed by atoms with E-state index in [2.05, 4.69) is 0 Å². The molecule has 0 bridgehead atoms. The minimum absolute atomic E-state index is 0.0231. The summed E-state index contributed by atoms with van der Waals surface area (Å²) >= 11 is 0. The summed E-state index contributed by atoms with van der Waals surface area (Å²) in [6, 6.07) is 13.4. The highest BCUT2D eigenvalue weighted by Crippen LogP contribution is 2.38. The third-order valence-corrected chi connectivity index (χ3v) is 13.2. The molecule has 0 aliphatic rings. The van der Waals surface area contributed by atoms with Crippen molar-refractivity contribution in [1.29, 1.82) is 0 Å². The molecule has 0 radical (unpaired) electrons. The molecule has 8 nitrogen and oxygen atoms in total. The van der Waals surface area contributed by atoms with E-state index in [9.17, 15) is 27.0 Å². The highest BCUT2D eigenvalue weighted by atomic mass is 32.2. The lowest BCUT2D eigenvalue weighted by atomic mass is 9.91. The minimum Gasteiger partial charge on any atom is -0.507 e. The molecule has 3 rings (SSSR count). The van der Waals surface area contributed by atoms with Gasteiger partial charge in [0.1, 0.15) is 21.3 Å². The summed E-state index contributed by atoms with van der Waals surface area (Å²) in [5.41, 5.74) is 4.50. The van der Waals surface area contributed by atoms with Gasteiger partial charge in [-0.1, -0.05) is 118 Å². The standard InChI is InChI=1S/C40H60N2O6S2/c1-11-13-19-41(25-31-21-33(27(3)4)39(43)34(22-31)28(5)6)49(45,46)37-17-15-16-18-38(37)50(47,48)42(20-14-12-2)26-32-23-35(29(7)8)40(44)36(24-32)30(9)10/h15-18,21-24,27-30,43-44H,11-14,19-20,25-26H2,1-10H3. The molecule has 0 saturated heterocycles. The molecule has 3 aromatic rings. The Kier molecular flexibility index (Phi) is 14.6. The average molecular weight is 729 g/mol. The Morgan fingerprint density at radius 2 is 0.820 bits per heavy atom. The van der Waals surface area contributed by atoms with Crippen LogP contribution in [-0.4, -0.2) is 48.7 Å². The lowest BCUT2D eigenvalue weighted by Crippen LogP contribution is -2.36. The van der Waals surface area contributed by atoms with E-state index >= 15 is 0 Å². The number of nitrogens with zero attached hydrogens (tertiary/aromatic N) is 2. The van der Waals surface area contributed by atoms with E-state index in [-0.39, 0.29) is 71.1 Å². The number of hydrogen-bond donors (Lipinski definition) is 2. The molecule has 10 heteroatoms. The fourth-order valence-electron chi connectivity index (χ4n) is 6.23. The first-order valence-corrected chi connectivity index (χ1v) is 21.1. The lowest BCUT2D eigenvalue weighted by Gasteiger charge is -2.27. The van der Waals surface area contributed by atoms with Crippen molar-refractivity contribution < 1.29 is 27.0 Å². The van der Waals surface area contributed by atoms with Crippen molar-refractivity contribution in [2.75, 3.05) is 13.1 Å². The van der Waals surface area contributed by atoms with Crippen molar-refractivity contribution in [2.24, 2.45) is 0 Å². The molecule has 0 aliphatic heterocycles. The second kappa shape index (κ2) is 17.5.